The van der Waals surface area contributed by atoms with Gasteiger partial charge >= 0.3 is 0 Å². The molecule has 0 aromatic heterocycles. The molecule has 3 rings (SSSR count). The second-order valence-corrected chi connectivity index (χ2v) is 7.96. The Morgan fingerprint density at radius 3 is 2.63 bits per heavy atom. The topological polar surface area (TPSA) is 69.7 Å². The lowest BCUT2D eigenvalue weighted by atomic mass is 10.1. The molecular formula is C23H26ClN3O3. The lowest BCUT2D eigenvalue weighted by Crippen LogP contribution is -2.42. The Morgan fingerprint density at radius 2 is 1.93 bits per heavy atom. The highest BCUT2D eigenvalue weighted by Crippen LogP contribution is 2.23. The number of aryl methyl sites for hydroxylation is 1. The van der Waals surface area contributed by atoms with Crippen molar-refractivity contribution in [2.24, 2.45) is 5.92 Å². The van der Waals surface area contributed by atoms with Crippen LogP contribution in [0.1, 0.15) is 24.5 Å². The number of carbonyl (C=O) groups excluding carboxylic acids is 3. The molecule has 0 aliphatic carbocycles. The van der Waals surface area contributed by atoms with Crippen molar-refractivity contribution in [3.8, 4) is 0 Å². The summed E-state index contributed by atoms with van der Waals surface area (Å²) in [6, 6.07) is 15.0. The van der Waals surface area contributed by atoms with E-state index in [1.165, 1.54) is 4.90 Å². The molecule has 0 spiro atoms. The van der Waals surface area contributed by atoms with E-state index in [4.69, 9.17) is 11.6 Å². The molecule has 7 heteroatoms. The van der Waals surface area contributed by atoms with Crippen molar-refractivity contribution in [3.63, 3.8) is 0 Å². The second-order valence-electron chi connectivity index (χ2n) is 7.52. The van der Waals surface area contributed by atoms with Gasteiger partial charge in [0.2, 0.25) is 17.7 Å². The highest BCUT2D eigenvalue weighted by Gasteiger charge is 2.36. The van der Waals surface area contributed by atoms with Gasteiger partial charge in [-0.05, 0) is 37.1 Å². The number of nitrogens with one attached hydrogen (secondary N) is 1. The van der Waals surface area contributed by atoms with E-state index >= 15 is 0 Å². The van der Waals surface area contributed by atoms with Crippen molar-refractivity contribution in [1.29, 1.82) is 0 Å². The maximum atomic E-state index is 13.0. The minimum absolute atomic E-state index is 0.0349. The zero-order valence-electron chi connectivity index (χ0n) is 17.2. The van der Waals surface area contributed by atoms with E-state index in [2.05, 4.69) is 5.32 Å². The molecule has 2 aromatic rings. The molecule has 0 bridgehead atoms. The van der Waals surface area contributed by atoms with E-state index in [9.17, 15) is 14.4 Å². The van der Waals surface area contributed by atoms with Crippen molar-refractivity contribution in [1.82, 2.24) is 9.80 Å². The van der Waals surface area contributed by atoms with Crippen LogP contribution in [0.25, 0.3) is 0 Å². The van der Waals surface area contributed by atoms with Gasteiger partial charge in [0, 0.05) is 36.8 Å². The Hall–Kier alpha value is -2.86. The molecule has 0 radical (unpaired) electrons. The minimum Gasteiger partial charge on any atom is -0.338 e. The van der Waals surface area contributed by atoms with Gasteiger partial charge < -0.3 is 15.1 Å². The molecule has 158 valence electrons. The van der Waals surface area contributed by atoms with Crippen LogP contribution in [0.2, 0.25) is 5.02 Å². The standard InChI is InChI=1S/C23H26ClN3O3/c1-3-26(15-21(28)25-20-12-19(24)10-9-16(20)2)23(30)18-11-22(29)27(14-18)13-17-7-5-4-6-8-17/h4-10,12,18H,3,11,13-15H2,1-2H3,(H,25,28)/t18-/m1/s1. The molecular weight excluding hydrogens is 402 g/mol. The fourth-order valence-corrected chi connectivity index (χ4v) is 3.76. The number of likely N-dealkylation sites (tertiary alicyclic amines) is 1. The lowest BCUT2D eigenvalue weighted by molar-refractivity contribution is -0.138. The van der Waals surface area contributed by atoms with Crippen LogP contribution in [0.15, 0.2) is 48.5 Å². The summed E-state index contributed by atoms with van der Waals surface area (Å²) < 4.78 is 0. The van der Waals surface area contributed by atoms with Crippen molar-refractivity contribution < 1.29 is 14.4 Å². The SMILES string of the molecule is CCN(CC(=O)Nc1cc(Cl)ccc1C)C(=O)[C@@H]1CC(=O)N(Cc2ccccc2)C1. The summed E-state index contributed by atoms with van der Waals surface area (Å²) >= 11 is 6.00. The van der Waals surface area contributed by atoms with Crippen LogP contribution in [0.4, 0.5) is 5.69 Å². The van der Waals surface area contributed by atoms with Gasteiger partial charge in [0.05, 0.1) is 12.5 Å². The number of hydrogen-bond acceptors (Lipinski definition) is 3. The number of carbonyl (C=O) groups is 3. The summed E-state index contributed by atoms with van der Waals surface area (Å²) in [6.45, 7) is 4.89. The zero-order chi connectivity index (χ0) is 21.7. The molecule has 0 unspecified atom stereocenters. The Morgan fingerprint density at radius 1 is 1.20 bits per heavy atom. The van der Waals surface area contributed by atoms with Crippen LogP contribution >= 0.6 is 11.6 Å². The summed E-state index contributed by atoms with van der Waals surface area (Å²) in [5, 5.41) is 3.35. The zero-order valence-corrected chi connectivity index (χ0v) is 18.0. The van der Waals surface area contributed by atoms with Crippen LogP contribution < -0.4 is 5.32 Å². The highest BCUT2D eigenvalue weighted by molar-refractivity contribution is 6.31. The van der Waals surface area contributed by atoms with Gasteiger partial charge in [-0.15, -0.1) is 0 Å². The number of hydrogen-bond donors (Lipinski definition) is 1. The first kappa shape index (κ1) is 21.8. The number of anilines is 1. The first-order valence-corrected chi connectivity index (χ1v) is 10.4. The summed E-state index contributed by atoms with van der Waals surface area (Å²) in [5.74, 6) is -0.922. The maximum absolute atomic E-state index is 13.0. The summed E-state index contributed by atoms with van der Waals surface area (Å²) in [5.41, 5.74) is 2.55. The van der Waals surface area contributed by atoms with E-state index < -0.39 is 5.92 Å². The van der Waals surface area contributed by atoms with Crippen LogP contribution in [0.5, 0.6) is 0 Å². The van der Waals surface area contributed by atoms with E-state index in [0.717, 1.165) is 11.1 Å². The molecule has 1 aliphatic rings. The van der Waals surface area contributed by atoms with Crippen LogP contribution in [-0.2, 0) is 20.9 Å². The summed E-state index contributed by atoms with van der Waals surface area (Å²) in [6.07, 6.45) is 0.178. The average molecular weight is 428 g/mol. The first-order chi connectivity index (χ1) is 14.4. The second kappa shape index (κ2) is 9.76. The molecule has 2 aromatic carbocycles. The van der Waals surface area contributed by atoms with Crippen molar-refractivity contribution in [2.45, 2.75) is 26.8 Å². The molecule has 1 N–H and O–H groups in total. The van der Waals surface area contributed by atoms with Crippen LogP contribution in [-0.4, -0.2) is 47.2 Å². The van der Waals surface area contributed by atoms with E-state index in [0.29, 0.717) is 30.3 Å². The number of nitrogens with zero attached hydrogens (tertiary/aromatic N) is 2. The van der Waals surface area contributed by atoms with Crippen molar-refractivity contribution in [3.05, 3.63) is 64.7 Å². The Labute approximate surface area is 181 Å². The van der Waals surface area contributed by atoms with Gasteiger partial charge in [0.1, 0.15) is 0 Å². The number of amides is 3. The van der Waals surface area contributed by atoms with Gasteiger partial charge in [0.25, 0.3) is 0 Å². The highest BCUT2D eigenvalue weighted by atomic mass is 35.5. The van der Waals surface area contributed by atoms with Gasteiger partial charge in [-0.25, -0.2) is 0 Å². The fraction of sp³-hybridized carbons (Fsp3) is 0.348. The molecule has 1 atom stereocenters. The van der Waals surface area contributed by atoms with Gasteiger partial charge in [0.15, 0.2) is 0 Å². The third kappa shape index (κ3) is 5.39. The lowest BCUT2D eigenvalue weighted by Gasteiger charge is -2.24. The van der Waals surface area contributed by atoms with E-state index in [1.807, 2.05) is 50.2 Å². The van der Waals surface area contributed by atoms with E-state index in [1.54, 1.807) is 17.0 Å². The smallest absolute Gasteiger partial charge is 0.244 e. The Balaban J connectivity index is 1.59. The normalized spacial score (nSPS) is 15.9. The van der Waals surface area contributed by atoms with Crippen LogP contribution in [0.3, 0.4) is 0 Å². The number of rotatable bonds is 7. The minimum atomic E-state index is -0.429. The molecule has 1 heterocycles. The maximum Gasteiger partial charge on any atom is 0.244 e. The average Bonchev–Trinajstić information content (AvgIpc) is 3.09. The van der Waals surface area contributed by atoms with Crippen molar-refractivity contribution in [2.75, 3.05) is 25.0 Å². The molecule has 1 fully saturated rings. The van der Waals surface area contributed by atoms with Gasteiger partial charge in [-0.2, -0.15) is 0 Å². The summed E-state index contributed by atoms with van der Waals surface area (Å²) in [7, 11) is 0. The Bertz CT molecular complexity index is 933. The van der Waals surface area contributed by atoms with E-state index in [-0.39, 0.29) is 30.7 Å². The molecule has 0 saturated carbocycles. The number of halogens is 1. The Kier molecular flexibility index (Phi) is 7.11. The third-order valence-corrected chi connectivity index (χ3v) is 5.52. The molecule has 6 nitrogen and oxygen atoms in total. The quantitative estimate of drug-likeness (QED) is 0.735. The number of benzene rings is 2. The largest absolute Gasteiger partial charge is 0.338 e. The molecule has 30 heavy (non-hydrogen) atoms. The molecule has 3 amide bonds. The van der Waals surface area contributed by atoms with Crippen LogP contribution in [0, 0.1) is 12.8 Å². The van der Waals surface area contributed by atoms with Gasteiger partial charge in [-0.3, -0.25) is 14.4 Å². The predicted octanol–water partition coefficient (Wildman–Crippen LogP) is 3.48. The predicted molar refractivity (Wildman–Crippen MR) is 117 cm³/mol. The summed E-state index contributed by atoms with van der Waals surface area (Å²) in [4.78, 5) is 41.1. The first-order valence-electron chi connectivity index (χ1n) is 10.0. The molecule has 1 aliphatic heterocycles. The molecule has 1 saturated heterocycles. The third-order valence-electron chi connectivity index (χ3n) is 5.28. The fourth-order valence-electron chi connectivity index (χ4n) is 3.59. The monoisotopic (exact) mass is 427 g/mol. The number of likely N-dealkylation sites (N-methyl/N-ethyl adjacent to an activating group) is 1. The van der Waals surface area contributed by atoms with Crippen molar-refractivity contribution >= 4 is 35.0 Å². The van der Waals surface area contributed by atoms with Gasteiger partial charge in [-0.1, -0.05) is 48.0 Å².